The Balaban J connectivity index is 2.52. The Morgan fingerprint density at radius 3 is 2.58 bits per heavy atom. The Bertz CT molecular complexity index is 508. The van der Waals surface area contributed by atoms with E-state index in [1.165, 1.54) is 0 Å². The first kappa shape index (κ1) is 16.2. The summed E-state index contributed by atoms with van der Waals surface area (Å²) in [7, 11) is -4.31. The second kappa shape index (κ2) is 7.06. The average Bonchev–Trinajstić information content (AvgIpc) is 2.33. The summed E-state index contributed by atoms with van der Waals surface area (Å²) >= 11 is 5.86. The van der Waals surface area contributed by atoms with Crippen molar-refractivity contribution >= 4 is 21.9 Å². The van der Waals surface area contributed by atoms with Gasteiger partial charge in [-0.25, -0.2) is 0 Å². The van der Waals surface area contributed by atoms with Crippen molar-refractivity contribution in [1.82, 2.24) is 4.31 Å². The van der Waals surface area contributed by atoms with Gasteiger partial charge in [0.25, 0.3) is 0 Å². The normalized spacial score (nSPS) is 13.5. The zero-order chi connectivity index (χ0) is 14.5. The Kier molecular flexibility index (Phi) is 6.02. The number of aliphatic hydroxyl groups is 1. The monoisotopic (exact) mass is 309 g/mol. The number of nitrogens with zero attached hydrogens (tertiary/aromatic N) is 1. The summed E-state index contributed by atoms with van der Waals surface area (Å²) in [5.41, 5.74) is 0. The van der Waals surface area contributed by atoms with Gasteiger partial charge in [-0.15, -0.1) is 0 Å². The molecule has 0 aliphatic heterocycles. The summed E-state index contributed by atoms with van der Waals surface area (Å²) in [5.74, 6) is 0.401. The van der Waals surface area contributed by atoms with E-state index in [0.29, 0.717) is 10.8 Å². The molecule has 0 aliphatic carbocycles. The molecule has 8 heteroatoms. The zero-order valence-electron chi connectivity index (χ0n) is 10.4. The quantitative estimate of drug-likeness (QED) is 0.739. The molecule has 0 aromatic heterocycles. The van der Waals surface area contributed by atoms with Crippen LogP contribution in [0.5, 0.6) is 5.75 Å². The molecule has 1 rings (SSSR count). The minimum atomic E-state index is -4.31. The van der Waals surface area contributed by atoms with Crippen molar-refractivity contribution < 1.29 is 22.8 Å². The maximum absolute atomic E-state index is 10.9. The van der Waals surface area contributed by atoms with E-state index in [4.69, 9.17) is 20.9 Å². The maximum Gasteiger partial charge on any atom is 0.335 e. The highest BCUT2D eigenvalue weighted by atomic mass is 35.5. The van der Waals surface area contributed by atoms with E-state index >= 15 is 0 Å². The third kappa shape index (κ3) is 5.33. The lowest BCUT2D eigenvalue weighted by atomic mass is 10.3. The van der Waals surface area contributed by atoms with E-state index < -0.39 is 16.4 Å². The number of rotatable bonds is 7. The highest BCUT2D eigenvalue weighted by Gasteiger charge is 2.20. The van der Waals surface area contributed by atoms with E-state index in [-0.39, 0.29) is 19.7 Å². The van der Waals surface area contributed by atoms with Gasteiger partial charge in [0.1, 0.15) is 18.5 Å². The highest BCUT2D eigenvalue weighted by Crippen LogP contribution is 2.23. The Morgan fingerprint density at radius 1 is 1.42 bits per heavy atom. The molecule has 0 fully saturated rings. The van der Waals surface area contributed by atoms with Crippen molar-refractivity contribution in [2.45, 2.75) is 13.0 Å². The summed E-state index contributed by atoms with van der Waals surface area (Å²) in [4.78, 5) is 0. The minimum Gasteiger partial charge on any atom is -0.489 e. The van der Waals surface area contributed by atoms with Crippen LogP contribution in [-0.2, 0) is 10.3 Å². The Labute approximate surface area is 117 Å². The molecular formula is C11H16ClNO5S. The average molecular weight is 310 g/mol. The molecule has 0 bridgehead atoms. The largest absolute Gasteiger partial charge is 0.489 e. The van der Waals surface area contributed by atoms with Gasteiger partial charge in [-0.05, 0) is 12.1 Å². The van der Waals surface area contributed by atoms with Crippen molar-refractivity contribution in [1.29, 1.82) is 0 Å². The molecule has 19 heavy (non-hydrogen) atoms. The van der Waals surface area contributed by atoms with Crippen LogP contribution in [0.15, 0.2) is 24.3 Å². The summed E-state index contributed by atoms with van der Waals surface area (Å²) in [6.07, 6.45) is -1.07. The number of halogens is 1. The summed E-state index contributed by atoms with van der Waals surface area (Å²) < 4.78 is 36.8. The van der Waals surface area contributed by atoms with Crippen LogP contribution in [0.4, 0.5) is 0 Å². The van der Waals surface area contributed by atoms with Gasteiger partial charge in [0.05, 0.1) is 5.02 Å². The maximum atomic E-state index is 10.9. The van der Waals surface area contributed by atoms with Gasteiger partial charge < -0.3 is 9.84 Å². The van der Waals surface area contributed by atoms with Crippen LogP contribution in [0, 0.1) is 0 Å². The van der Waals surface area contributed by atoms with E-state index in [1.807, 2.05) is 0 Å². The summed E-state index contributed by atoms with van der Waals surface area (Å²) in [6, 6.07) is 6.74. The molecule has 108 valence electrons. The minimum absolute atomic E-state index is 0.0575. The Morgan fingerprint density at radius 2 is 2.05 bits per heavy atom. The van der Waals surface area contributed by atoms with Crippen LogP contribution in [0.3, 0.4) is 0 Å². The lowest BCUT2D eigenvalue weighted by Crippen LogP contribution is -2.39. The highest BCUT2D eigenvalue weighted by molar-refractivity contribution is 7.83. The third-order valence-electron chi connectivity index (χ3n) is 2.36. The third-order valence-corrected chi connectivity index (χ3v) is 3.73. The fraction of sp³-hybridized carbons (Fsp3) is 0.455. The molecule has 0 unspecified atom stereocenters. The van der Waals surface area contributed by atoms with Gasteiger partial charge >= 0.3 is 10.3 Å². The molecule has 6 nitrogen and oxygen atoms in total. The number of likely N-dealkylation sites (N-methyl/N-ethyl adjacent to an activating group) is 1. The fourth-order valence-corrected chi connectivity index (χ4v) is 2.30. The lowest BCUT2D eigenvalue weighted by Gasteiger charge is -2.20. The molecule has 0 aliphatic rings. The Hall–Kier alpha value is -0.860. The van der Waals surface area contributed by atoms with Crippen molar-refractivity contribution in [2.75, 3.05) is 19.7 Å². The molecule has 0 saturated heterocycles. The molecule has 0 spiro atoms. The molecule has 1 aromatic carbocycles. The van der Waals surface area contributed by atoms with Crippen molar-refractivity contribution in [3.8, 4) is 5.75 Å². The predicted molar refractivity (Wildman–Crippen MR) is 71.7 cm³/mol. The second-order valence-electron chi connectivity index (χ2n) is 3.82. The zero-order valence-corrected chi connectivity index (χ0v) is 11.9. The topological polar surface area (TPSA) is 87.1 Å². The van der Waals surface area contributed by atoms with E-state index in [9.17, 15) is 13.5 Å². The first-order chi connectivity index (χ1) is 8.84. The van der Waals surface area contributed by atoms with Gasteiger partial charge in [-0.2, -0.15) is 12.7 Å². The SMILES string of the molecule is CCN(C[C@@H](O)COc1ccccc1Cl)S(=O)(=O)O. The molecule has 0 heterocycles. The predicted octanol–water partition coefficient (Wildman–Crippen LogP) is 1.20. The molecule has 0 radical (unpaired) electrons. The van der Waals surface area contributed by atoms with Crippen LogP contribution in [-0.4, -0.2) is 48.2 Å². The lowest BCUT2D eigenvalue weighted by molar-refractivity contribution is 0.0882. The molecule has 1 atom stereocenters. The number of hydrogen-bond donors (Lipinski definition) is 2. The fourth-order valence-electron chi connectivity index (χ4n) is 1.42. The van der Waals surface area contributed by atoms with Crippen LogP contribution in [0.25, 0.3) is 0 Å². The molecule has 2 N–H and O–H groups in total. The van der Waals surface area contributed by atoms with Crippen LogP contribution in [0.2, 0.25) is 5.02 Å². The molecule has 0 saturated carbocycles. The number of benzene rings is 1. The first-order valence-electron chi connectivity index (χ1n) is 5.62. The molecular weight excluding hydrogens is 294 g/mol. The number of ether oxygens (including phenoxy) is 1. The number of aliphatic hydroxyl groups excluding tert-OH is 1. The molecule has 1 aromatic rings. The van der Waals surface area contributed by atoms with Crippen LogP contribution in [0.1, 0.15) is 6.92 Å². The van der Waals surface area contributed by atoms with Crippen molar-refractivity contribution in [2.24, 2.45) is 0 Å². The van der Waals surface area contributed by atoms with E-state index in [0.717, 1.165) is 4.31 Å². The van der Waals surface area contributed by atoms with Crippen LogP contribution < -0.4 is 4.74 Å². The van der Waals surface area contributed by atoms with Gasteiger partial charge in [-0.1, -0.05) is 30.7 Å². The standard InChI is InChI=1S/C11H16ClNO5S/c1-2-13(19(15,16)17)7-9(14)8-18-11-6-4-3-5-10(11)12/h3-6,9,14H,2,7-8H2,1H3,(H,15,16,17)/t9-/m1/s1. The van der Waals surface area contributed by atoms with Gasteiger partial charge in [0, 0.05) is 13.1 Å². The van der Waals surface area contributed by atoms with E-state index in [1.54, 1.807) is 31.2 Å². The van der Waals surface area contributed by atoms with Crippen molar-refractivity contribution in [3.63, 3.8) is 0 Å². The summed E-state index contributed by atoms with van der Waals surface area (Å²) in [6.45, 7) is 1.23. The van der Waals surface area contributed by atoms with Crippen LogP contribution >= 0.6 is 11.6 Å². The molecule has 0 amide bonds. The summed E-state index contributed by atoms with van der Waals surface area (Å²) in [5, 5.41) is 10.1. The van der Waals surface area contributed by atoms with Crippen molar-refractivity contribution in [3.05, 3.63) is 29.3 Å². The van der Waals surface area contributed by atoms with Gasteiger partial charge in [0.2, 0.25) is 0 Å². The number of hydrogen-bond acceptors (Lipinski definition) is 4. The van der Waals surface area contributed by atoms with Gasteiger partial charge in [0.15, 0.2) is 0 Å². The van der Waals surface area contributed by atoms with E-state index in [2.05, 4.69) is 0 Å². The smallest absolute Gasteiger partial charge is 0.335 e. The van der Waals surface area contributed by atoms with Gasteiger partial charge in [-0.3, -0.25) is 4.55 Å². The first-order valence-corrected chi connectivity index (χ1v) is 7.40. The number of para-hydroxylation sites is 1. The second-order valence-corrected chi connectivity index (χ2v) is 5.64.